The average molecular weight is 356 g/mol. The zero-order chi connectivity index (χ0) is 18.4. The number of aryl methyl sites for hydroxylation is 1. The van der Waals surface area contributed by atoms with Gasteiger partial charge in [0.2, 0.25) is 5.95 Å². The standard InChI is InChI=1S/C22H20N4O/c1-14-8-5-6-11-16(14)21-24-22-23-17-12-7-13-18(27)19(17)20(26(22)25-21)15-9-3-2-4-10-15/h2-6,8-11,20H,7,12-13H2,1H3,(H,23,24,25). The van der Waals surface area contributed by atoms with Gasteiger partial charge in [-0.05, 0) is 30.9 Å². The molecule has 5 heteroatoms. The molecule has 0 bridgehead atoms. The Balaban J connectivity index is 1.70. The highest BCUT2D eigenvalue weighted by Crippen LogP contribution is 2.40. The molecule has 0 fully saturated rings. The Bertz CT molecular complexity index is 1060. The molecule has 5 rings (SSSR count). The second kappa shape index (κ2) is 6.20. The van der Waals surface area contributed by atoms with Crippen molar-refractivity contribution in [2.45, 2.75) is 32.2 Å². The molecule has 0 amide bonds. The Kier molecular flexibility index (Phi) is 3.67. The summed E-state index contributed by atoms with van der Waals surface area (Å²) >= 11 is 0. The van der Waals surface area contributed by atoms with E-state index in [1.54, 1.807) is 0 Å². The quantitative estimate of drug-likeness (QED) is 0.745. The highest BCUT2D eigenvalue weighted by atomic mass is 16.1. The van der Waals surface area contributed by atoms with E-state index in [-0.39, 0.29) is 11.8 Å². The number of allylic oxidation sites excluding steroid dienone is 2. The van der Waals surface area contributed by atoms with E-state index in [9.17, 15) is 4.79 Å². The Morgan fingerprint density at radius 3 is 2.63 bits per heavy atom. The van der Waals surface area contributed by atoms with Crippen molar-refractivity contribution in [1.82, 2.24) is 14.8 Å². The van der Waals surface area contributed by atoms with Crippen molar-refractivity contribution in [2.24, 2.45) is 0 Å². The molecule has 2 heterocycles. The molecule has 1 atom stereocenters. The summed E-state index contributed by atoms with van der Waals surface area (Å²) in [6.07, 6.45) is 2.35. The van der Waals surface area contributed by atoms with E-state index in [4.69, 9.17) is 10.1 Å². The SMILES string of the molecule is Cc1ccccc1-c1nc2n(n1)C(c1ccccc1)C1=C(CCCC1=O)N2. The highest BCUT2D eigenvalue weighted by Gasteiger charge is 2.36. The number of Topliss-reactive ketones (excluding diaryl/α,β-unsaturated/α-hetero) is 1. The molecule has 3 aromatic rings. The molecule has 2 aliphatic rings. The average Bonchev–Trinajstić information content (AvgIpc) is 3.11. The number of benzene rings is 2. The first kappa shape index (κ1) is 16.0. The van der Waals surface area contributed by atoms with Crippen LogP contribution in [0, 0.1) is 6.92 Å². The molecule has 5 nitrogen and oxygen atoms in total. The van der Waals surface area contributed by atoms with Crippen LogP contribution in [0.15, 0.2) is 65.9 Å². The summed E-state index contributed by atoms with van der Waals surface area (Å²) in [5, 5.41) is 8.21. The summed E-state index contributed by atoms with van der Waals surface area (Å²) in [6, 6.07) is 18.0. The first-order valence-corrected chi connectivity index (χ1v) is 9.33. The van der Waals surface area contributed by atoms with Crippen molar-refractivity contribution in [3.8, 4) is 11.4 Å². The van der Waals surface area contributed by atoms with E-state index in [1.807, 2.05) is 41.1 Å². The van der Waals surface area contributed by atoms with E-state index in [2.05, 4.69) is 30.4 Å². The number of hydrogen-bond donors (Lipinski definition) is 1. The van der Waals surface area contributed by atoms with Gasteiger partial charge in [-0.2, -0.15) is 4.98 Å². The van der Waals surface area contributed by atoms with Crippen molar-refractivity contribution in [3.05, 3.63) is 77.0 Å². The van der Waals surface area contributed by atoms with Gasteiger partial charge in [0.15, 0.2) is 11.6 Å². The smallest absolute Gasteiger partial charge is 0.226 e. The van der Waals surface area contributed by atoms with Crippen LogP contribution in [0.1, 0.15) is 36.4 Å². The number of rotatable bonds is 2. The summed E-state index contributed by atoms with van der Waals surface area (Å²) in [5.74, 6) is 1.59. The van der Waals surface area contributed by atoms with Crippen molar-refractivity contribution >= 4 is 11.7 Å². The molecule has 2 aromatic carbocycles. The lowest BCUT2D eigenvalue weighted by Crippen LogP contribution is -2.31. The fourth-order valence-corrected chi connectivity index (χ4v) is 4.04. The molecular weight excluding hydrogens is 336 g/mol. The first-order chi connectivity index (χ1) is 13.2. The number of nitrogens with one attached hydrogen (secondary N) is 1. The van der Waals surface area contributed by atoms with Crippen LogP contribution >= 0.6 is 0 Å². The second-order valence-corrected chi connectivity index (χ2v) is 7.13. The second-order valence-electron chi connectivity index (χ2n) is 7.13. The maximum absolute atomic E-state index is 12.8. The van der Waals surface area contributed by atoms with Crippen molar-refractivity contribution in [1.29, 1.82) is 0 Å². The van der Waals surface area contributed by atoms with Crippen LogP contribution in [0.2, 0.25) is 0 Å². The minimum atomic E-state index is -0.226. The number of nitrogens with zero attached hydrogens (tertiary/aromatic N) is 3. The van der Waals surface area contributed by atoms with Crippen LogP contribution < -0.4 is 5.32 Å². The van der Waals surface area contributed by atoms with Gasteiger partial charge in [-0.1, -0.05) is 54.6 Å². The van der Waals surface area contributed by atoms with E-state index in [0.29, 0.717) is 18.2 Å². The number of hydrogen-bond acceptors (Lipinski definition) is 4. The van der Waals surface area contributed by atoms with Crippen LogP contribution in [0.5, 0.6) is 0 Å². The summed E-state index contributed by atoms with van der Waals surface area (Å²) < 4.78 is 1.87. The molecule has 1 aromatic heterocycles. The van der Waals surface area contributed by atoms with Crippen LogP contribution in [-0.4, -0.2) is 20.5 Å². The predicted octanol–water partition coefficient (Wildman–Crippen LogP) is 4.28. The van der Waals surface area contributed by atoms with E-state index in [0.717, 1.165) is 40.8 Å². The van der Waals surface area contributed by atoms with Gasteiger partial charge in [0.05, 0.1) is 0 Å². The summed E-state index contributed by atoms with van der Waals surface area (Å²) in [5.41, 5.74) is 5.03. The minimum Gasteiger partial charge on any atom is -0.328 e. The Hall–Kier alpha value is -3.21. The van der Waals surface area contributed by atoms with Crippen LogP contribution in [0.4, 0.5) is 5.95 Å². The molecule has 134 valence electrons. The fourth-order valence-electron chi connectivity index (χ4n) is 4.04. The molecule has 27 heavy (non-hydrogen) atoms. The molecule has 1 aliphatic heterocycles. The lowest BCUT2D eigenvalue weighted by atomic mass is 9.85. The number of carbonyl (C=O) groups excluding carboxylic acids is 1. The van der Waals surface area contributed by atoms with Gasteiger partial charge in [0.1, 0.15) is 6.04 Å². The first-order valence-electron chi connectivity index (χ1n) is 9.33. The summed E-state index contributed by atoms with van der Waals surface area (Å²) in [6.45, 7) is 2.06. The zero-order valence-corrected chi connectivity index (χ0v) is 15.1. The van der Waals surface area contributed by atoms with Gasteiger partial charge in [-0.25, -0.2) is 4.68 Å². The molecule has 0 saturated carbocycles. The maximum Gasteiger partial charge on any atom is 0.226 e. The molecule has 0 saturated heterocycles. The molecule has 0 spiro atoms. The summed E-state index contributed by atoms with van der Waals surface area (Å²) in [4.78, 5) is 17.6. The number of anilines is 1. The number of fused-ring (bicyclic) bond motifs is 1. The molecule has 1 aliphatic carbocycles. The molecule has 1 unspecified atom stereocenters. The van der Waals surface area contributed by atoms with Crippen LogP contribution in [0.3, 0.4) is 0 Å². The fraction of sp³-hybridized carbons (Fsp3) is 0.227. The van der Waals surface area contributed by atoms with Crippen molar-refractivity contribution in [3.63, 3.8) is 0 Å². The topological polar surface area (TPSA) is 59.8 Å². The normalized spacial score (nSPS) is 18.7. The Morgan fingerprint density at radius 1 is 1.04 bits per heavy atom. The summed E-state index contributed by atoms with van der Waals surface area (Å²) in [7, 11) is 0. The predicted molar refractivity (Wildman–Crippen MR) is 104 cm³/mol. The number of ketones is 1. The van der Waals surface area contributed by atoms with Crippen molar-refractivity contribution in [2.75, 3.05) is 5.32 Å². The minimum absolute atomic E-state index is 0.205. The van der Waals surface area contributed by atoms with Gasteiger partial charge >= 0.3 is 0 Å². The maximum atomic E-state index is 12.8. The lowest BCUT2D eigenvalue weighted by Gasteiger charge is -2.32. The van der Waals surface area contributed by atoms with E-state index in [1.165, 1.54) is 0 Å². The van der Waals surface area contributed by atoms with Gasteiger partial charge in [-0.15, -0.1) is 5.10 Å². The zero-order valence-electron chi connectivity index (χ0n) is 15.1. The molecule has 1 N–H and O–H groups in total. The van der Waals surface area contributed by atoms with Crippen LogP contribution in [0.25, 0.3) is 11.4 Å². The van der Waals surface area contributed by atoms with Crippen molar-refractivity contribution < 1.29 is 4.79 Å². The third kappa shape index (κ3) is 2.58. The van der Waals surface area contributed by atoms with E-state index < -0.39 is 0 Å². The van der Waals surface area contributed by atoms with Crippen LogP contribution in [-0.2, 0) is 4.79 Å². The van der Waals surface area contributed by atoms with Gasteiger partial charge in [0, 0.05) is 23.3 Å². The van der Waals surface area contributed by atoms with Gasteiger partial charge in [0.25, 0.3) is 0 Å². The highest BCUT2D eigenvalue weighted by molar-refractivity contribution is 5.99. The third-order valence-corrected chi connectivity index (χ3v) is 5.37. The molecular formula is C22H20N4O. The monoisotopic (exact) mass is 356 g/mol. The third-order valence-electron chi connectivity index (χ3n) is 5.37. The Morgan fingerprint density at radius 2 is 1.81 bits per heavy atom. The largest absolute Gasteiger partial charge is 0.328 e. The van der Waals surface area contributed by atoms with Gasteiger partial charge in [-0.3, -0.25) is 4.79 Å². The number of aromatic nitrogens is 3. The van der Waals surface area contributed by atoms with E-state index >= 15 is 0 Å². The Labute approximate surface area is 157 Å². The lowest BCUT2D eigenvalue weighted by molar-refractivity contribution is -0.116. The van der Waals surface area contributed by atoms with Gasteiger partial charge < -0.3 is 5.32 Å². The number of carbonyl (C=O) groups is 1. The molecule has 0 radical (unpaired) electrons.